The van der Waals surface area contributed by atoms with E-state index in [2.05, 4.69) is 48.5 Å². The summed E-state index contributed by atoms with van der Waals surface area (Å²) < 4.78 is 12.8. The van der Waals surface area contributed by atoms with Gasteiger partial charge < -0.3 is 8.83 Å². The number of nitrogens with zero attached hydrogens (tertiary/aromatic N) is 4. The molecule has 0 aliphatic rings. The predicted octanol–water partition coefficient (Wildman–Crippen LogP) is 10.9. The van der Waals surface area contributed by atoms with Gasteiger partial charge >= 0.3 is 0 Å². The molecule has 0 spiro atoms. The van der Waals surface area contributed by atoms with Crippen molar-refractivity contribution in [3.63, 3.8) is 0 Å². The van der Waals surface area contributed by atoms with Crippen LogP contribution in [0.4, 0.5) is 0 Å². The van der Waals surface area contributed by atoms with Crippen LogP contribution >= 0.6 is 0 Å². The van der Waals surface area contributed by atoms with Gasteiger partial charge in [0.25, 0.3) is 0 Å². The fourth-order valence-corrected chi connectivity index (χ4v) is 6.66. The minimum atomic E-state index is 0.551. The second-order valence-electron chi connectivity index (χ2n) is 11.8. The van der Waals surface area contributed by atoms with Crippen LogP contribution in [0.5, 0.6) is 0 Å². The Hall–Kier alpha value is -6.66. The number of aromatic nitrogens is 4. The maximum atomic E-state index is 6.41. The molecule has 0 amide bonds. The lowest BCUT2D eigenvalue weighted by molar-refractivity contribution is 0.669. The summed E-state index contributed by atoms with van der Waals surface area (Å²) in [4.78, 5) is 20.1. The van der Waals surface area contributed by atoms with Crippen LogP contribution in [0.1, 0.15) is 0 Å². The first-order valence-corrected chi connectivity index (χ1v) is 15.8. The van der Waals surface area contributed by atoms with Gasteiger partial charge in [0.15, 0.2) is 17.5 Å². The van der Waals surface area contributed by atoms with Crippen LogP contribution in [-0.2, 0) is 0 Å². The summed E-state index contributed by atoms with van der Waals surface area (Å²) >= 11 is 0. The topological polar surface area (TPSA) is 77.8 Å². The van der Waals surface area contributed by atoms with Crippen molar-refractivity contribution in [2.24, 2.45) is 0 Å². The number of furan rings is 2. The Morgan fingerprint density at radius 3 is 1.71 bits per heavy atom. The van der Waals surface area contributed by atoms with Crippen LogP contribution in [-0.4, -0.2) is 19.9 Å². The number of hydrogen-bond acceptors (Lipinski definition) is 6. The summed E-state index contributed by atoms with van der Waals surface area (Å²) in [6, 6.07) is 48.7. The standard InChI is InChI=1S/C42H24N4O2/c1-2-11-26(12-3-1)40-44-41(46-42(45-40)32-17-10-16-29-28-13-5-8-19-34(28)47-38(29)32)27-23-21-25(22-24-27)37-36-31-15-6-9-20-35(31)48-39(36)30-14-4-7-18-33(30)43-37/h1-24H. The molecular formula is C42H24N4O2. The SMILES string of the molecule is c1ccc(-c2nc(-c3ccc(-c4nc5ccccc5c5oc6ccccc6c45)cc3)nc(-c3cccc4c3oc3ccccc34)n2)cc1. The Morgan fingerprint density at radius 1 is 0.354 bits per heavy atom. The van der Waals surface area contributed by atoms with Crippen LogP contribution in [0.15, 0.2) is 154 Å². The van der Waals surface area contributed by atoms with Crippen molar-refractivity contribution in [3.05, 3.63) is 146 Å². The Bertz CT molecular complexity index is 2840. The average Bonchev–Trinajstić information content (AvgIpc) is 3.74. The molecule has 6 heteroatoms. The van der Waals surface area contributed by atoms with Crippen LogP contribution in [0, 0.1) is 0 Å². The molecule has 224 valence electrons. The molecule has 0 saturated carbocycles. The number of benzene rings is 6. The molecule has 4 heterocycles. The first-order valence-electron chi connectivity index (χ1n) is 15.8. The smallest absolute Gasteiger partial charge is 0.167 e. The van der Waals surface area contributed by atoms with Gasteiger partial charge in [-0.1, -0.05) is 115 Å². The zero-order chi connectivity index (χ0) is 31.6. The highest BCUT2D eigenvalue weighted by atomic mass is 16.3. The highest BCUT2D eigenvalue weighted by Crippen LogP contribution is 2.40. The molecule has 0 saturated heterocycles. The maximum Gasteiger partial charge on any atom is 0.167 e. The third-order valence-electron chi connectivity index (χ3n) is 8.94. The lowest BCUT2D eigenvalue weighted by atomic mass is 10.0. The second kappa shape index (κ2) is 10.4. The summed E-state index contributed by atoms with van der Waals surface area (Å²) in [7, 11) is 0. The number of rotatable bonds is 4. The Kier molecular flexibility index (Phi) is 5.77. The van der Waals surface area contributed by atoms with E-state index in [1.54, 1.807) is 0 Å². The van der Waals surface area contributed by atoms with Crippen molar-refractivity contribution in [2.75, 3.05) is 0 Å². The van der Waals surface area contributed by atoms with Crippen LogP contribution < -0.4 is 0 Å². The van der Waals surface area contributed by atoms with Crippen molar-refractivity contribution in [1.29, 1.82) is 0 Å². The van der Waals surface area contributed by atoms with Gasteiger partial charge in [0, 0.05) is 38.2 Å². The summed E-state index contributed by atoms with van der Waals surface area (Å²) in [6.45, 7) is 0. The van der Waals surface area contributed by atoms with Gasteiger partial charge in [0.1, 0.15) is 22.3 Å². The summed E-state index contributed by atoms with van der Waals surface area (Å²) in [6.07, 6.45) is 0. The van der Waals surface area contributed by atoms with Gasteiger partial charge in [-0.05, 0) is 30.3 Å². The van der Waals surface area contributed by atoms with Crippen molar-refractivity contribution in [1.82, 2.24) is 19.9 Å². The predicted molar refractivity (Wildman–Crippen MR) is 191 cm³/mol. The maximum absolute atomic E-state index is 6.41. The molecule has 0 fully saturated rings. The Morgan fingerprint density at radius 2 is 0.917 bits per heavy atom. The highest BCUT2D eigenvalue weighted by Gasteiger charge is 2.20. The zero-order valence-corrected chi connectivity index (χ0v) is 25.5. The molecule has 10 aromatic rings. The van der Waals surface area contributed by atoms with Crippen LogP contribution in [0.25, 0.3) is 100 Å². The minimum Gasteiger partial charge on any atom is -0.455 e. The van der Waals surface area contributed by atoms with E-state index in [1.807, 2.05) is 97.1 Å². The molecule has 0 bridgehead atoms. The molecule has 0 N–H and O–H groups in total. The first kappa shape index (κ1) is 26.5. The number of hydrogen-bond donors (Lipinski definition) is 0. The molecule has 6 nitrogen and oxygen atoms in total. The lowest BCUT2D eigenvalue weighted by Gasteiger charge is -2.10. The van der Waals surface area contributed by atoms with Gasteiger partial charge in [-0.2, -0.15) is 0 Å². The molecule has 0 aliphatic heterocycles. The molecule has 0 radical (unpaired) electrons. The first-order chi connectivity index (χ1) is 23.8. The number of fused-ring (bicyclic) bond motifs is 8. The molecular weight excluding hydrogens is 592 g/mol. The zero-order valence-electron chi connectivity index (χ0n) is 25.5. The quantitative estimate of drug-likeness (QED) is 0.196. The van der Waals surface area contributed by atoms with E-state index in [1.165, 1.54) is 0 Å². The molecule has 0 unspecified atom stereocenters. The monoisotopic (exact) mass is 616 g/mol. The third kappa shape index (κ3) is 4.13. The van der Waals surface area contributed by atoms with E-state index in [9.17, 15) is 0 Å². The molecule has 10 rings (SSSR count). The molecule has 6 aromatic carbocycles. The van der Waals surface area contributed by atoms with Gasteiger partial charge in [-0.3, -0.25) is 0 Å². The highest BCUT2D eigenvalue weighted by molar-refractivity contribution is 6.19. The second-order valence-corrected chi connectivity index (χ2v) is 11.8. The van der Waals surface area contributed by atoms with Gasteiger partial charge in [0.2, 0.25) is 0 Å². The van der Waals surface area contributed by atoms with E-state index in [0.717, 1.165) is 82.7 Å². The summed E-state index contributed by atoms with van der Waals surface area (Å²) in [5, 5.41) is 5.12. The summed E-state index contributed by atoms with van der Waals surface area (Å²) in [5.41, 5.74) is 8.59. The molecule has 4 aromatic heterocycles. The van der Waals surface area contributed by atoms with Crippen molar-refractivity contribution in [2.45, 2.75) is 0 Å². The third-order valence-corrected chi connectivity index (χ3v) is 8.94. The lowest BCUT2D eigenvalue weighted by Crippen LogP contribution is -2.00. The fourth-order valence-electron chi connectivity index (χ4n) is 6.66. The molecule has 0 aliphatic carbocycles. The molecule has 48 heavy (non-hydrogen) atoms. The van der Waals surface area contributed by atoms with Gasteiger partial charge in [-0.25, -0.2) is 19.9 Å². The minimum absolute atomic E-state index is 0.551. The van der Waals surface area contributed by atoms with Crippen LogP contribution in [0.3, 0.4) is 0 Å². The molecule has 0 atom stereocenters. The Balaban J connectivity index is 1.15. The summed E-state index contributed by atoms with van der Waals surface area (Å²) in [5.74, 6) is 1.72. The largest absolute Gasteiger partial charge is 0.455 e. The number of para-hydroxylation sites is 4. The fraction of sp³-hybridized carbons (Fsp3) is 0. The van der Waals surface area contributed by atoms with Crippen molar-refractivity contribution in [3.8, 4) is 45.4 Å². The van der Waals surface area contributed by atoms with E-state index < -0.39 is 0 Å². The van der Waals surface area contributed by atoms with Crippen LogP contribution in [0.2, 0.25) is 0 Å². The van der Waals surface area contributed by atoms with Crippen molar-refractivity contribution < 1.29 is 8.83 Å². The number of pyridine rings is 1. The van der Waals surface area contributed by atoms with E-state index in [-0.39, 0.29) is 0 Å². The normalized spacial score (nSPS) is 11.8. The van der Waals surface area contributed by atoms with Gasteiger partial charge in [-0.15, -0.1) is 0 Å². The average molecular weight is 617 g/mol. The Labute approximate surface area is 274 Å². The van der Waals surface area contributed by atoms with E-state index >= 15 is 0 Å². The van der Waals surface area contributed by atoms with E-state index in [0.29, 0.717) is 17.5 Å². The van der Waals surface area contributed by atoms with E-state index in [4.69, 9.17) is 28.8 Å². The van der Waals surface area contributed by atoms with Crippen molar-refractivity contribution >= 4 is 54.8 Å². The van der Waals surface area contributed by atoms with Gasteiger partial charge in [0.05, 0.1) is 22.2 Å².